The van der Waals surface area contributed by atoms with E-state index in [4.69, 9.17) is 28.9 Å². The average molecular weight is 337 g/mol. The second kappa shape index (κ2) is 6.10. The Morgan fingerprint density at radius 1 is 1.25 bits per heavy atom. The summed E-state index contributed by atoms with van der Waals surface area (Å²) in [5.74, 6) is 0.522. The first kappa shape index (κ1) is 15.9. The zero-order valence-electron chi connectivity index (χ0n) is 11.2. The molecule has 1 aliphatic carbocycles. The summed E-state index contributed by atoms with van der Waals surface area (Å²) in [6.07, 6.45) is 3.84. The highest BCUT2D eigenvalue weighted by Crippen LogP contribution is 2.33. The molecule has 1 aliphatic rings. The first-order valence-electron chi connectivity index (χ1n) is 6.56. The van der Waals surface area contributed by atoms with Crippen LogP contribution in [0.1, 0.15) is 32.6 Å². The van der Waals surface area contributed by atoms with Crippen LogP contribution in [0, 0.1) is 5.92 Å². The van der Waals surface area contributed by atoms with E-state index in [-0.39, 0.29) is 21.0 Å². The van der Waals surface area contributed by atoms with Crippen molar-refractivity contribution in [2.24, 2.45) is 5.92 Å². The Bertz CT molecular complexity index is 581. The molecule has 0 heterocycles. The van der Waals surface area contributed by atoms with Gasteiger partial charge >= 0.3 is 0 Å². The summed E-state index contributed by atoms with van der Waals surface area (Å²) in [4.78, 5) is -0.0896. The van der Waals surface area contributed by atoms with Crippen LogP contribution in [0.4, 0.5) is 5.69 Å². The standard InChI is InChI=1S/C13H18Cl2N2O2S/c1-8-3-2-4-10(5-8)17-20(18,19)13-11(14)6-9(16)7-12(13)15/h6-8,10,17H,2-5,16H2,1H3. The van der Waals surface area contributed by atoms with Crippen molar-refractivity contribution in [1.29, 1.82) is 0 Å². The fraction of sp³-hybridized carbons (Fsp3) is 0.538. The summed E-state index contributed by atoms with van der Waals surface area (Å²) in [5, 5.41) is 0.0951. The van der Waals surface area contributed by atoms with Crippen molar-refractivity contribution in [1.82, 2.24) is 4.72 Å². The second-order valence-corrected chi connectivity index (χ2v) is 7.87. The molecule has 1 saturated carbocycles. The maximum absolute atomic E-state index is 12.4. The molecular formula is C13H18Cl2N2O2S. The lowest BCUT2D eigenvalue weighted by atomic mass is 9.88. The number of hydrogen-bond donors (Lipinski definition) is 2. The normalized spacial score (nSPS) is 23.8. The predicted octanol–water partition coefficient (Wildman–Crippen LogP) is 3.43. The number of nitrogens with one attached hydrogen (secondary N) is 1. The molecule has 112 valence electrons. The van der Waals surface area contributed by atoms with Gasteiger partial charge in [0.1, 0.15) is 4.90 Å². The van der Waals surface area contributed by atoms with Crippen LogP contribution in [0.15, 0.2) is 17.0 Å². The van der Waals surface area contributed by atoms with Crippen LogP contribution in [0.3, 0.4) is 0 Å². The Labute approximate surface area is 129 Å². The molecule has 1 aromatic carbocycles. The van der Waals surface area contributed by atoms with Gasteiger partial charge in [0.25, 0.3) is 0 Å². The van der Waals surface area contributed by atoms with Crippen LogP contribution in [0.2, 0.25) is 10.0 Å². The average Bonchev–Trinajstić information content (AvgIpc) is 2.25. The lowest BCUT2D eigenvalue weighted by Crippen LogP contribution is -2.38. The molecule has 0 radical (unpaired) electrons. The third-order valence-corrected chi connectivity index (χ3v) is 5.99. The van der Waals surface area contributed by atoms with E-state index in [1.807, 2.05) is 0 Å². The van der Waals surface area contributed by atoms with Crippen LogP contribution >= 0.6 is 23.2 Å². The zero-order chi connectivity index (χ0) is 14.9. The van der Waals surface area contributed by atoms with Crippen molar-refractivity contribution in [2.75, 3.05) is 5.73 Å². The molecule has 1 aromatic rings. The Morgan fingerprint density at radius 2 is 1.85 bits per heavy atom. The minimum absolute atomic E-state index is 0.0476. The van der Waals surface area contributed by atoms with Gasteiger partial charge in [0.15, 0.2) is 0 Å². The van der Waals surface area contributed by atoms with Gasteiger partial charge in [0.2, 0.25) is 10.0 Å². The fourth-order valence-electron chi connectivity index (χ4n) is 2.66. The second-order valence-electron chi connectivity index (χ2n) is 5.40. The largest absolute Gasteiger partial charge is 0.399 e. The van der Waals surface area contributed by atoms with Crippen molar-refractivity contribution in [2.45, 2.75) is 43.5 Å². The van der Waals surface area contributed by atoms with E-state index in [2.05, 4.69) is 11.6 Å². The van der Waals surface area contributed by atoms with Crippen LogP contribution in [-0.4, -0.2) is 14.5 Å². The predicted molar refractivity (Wildman–Crippen MR) is 82.6 cm³/mol. The minimum atomic E-state index is -3.73. The van der Waals surface area contributed by atoms with Crippen molar-refractivity contribution in [3.63, 3.8) is 0 Å². The van der Waals surface area contributed by atoms with E-state index >= 15 is 0 Å². The van der Waals surface area contributed by atoms with E-state index in [0.29, 0.717) is 11.6 Å². The molecule has 0 amide bonds. The molecule has 0 bridgehead atoms. The zero-order valence-corrected chi connectivity index (χ0v) is 13.5. The summed E-state index contributed by atoms with van der Waals surface area (Å²) in [5.41, 5.74) is 5.93. The highest BCUT2D eigenvalue weighted by molar-refractivity contribution is 7.89. The quantitative estimate of drug-likeness (QED) is 0.830. The Hall–Kier alpha value is -0.490. The van der Waals surface area contributed by atoms with Gasteiger partial charge in [-0.1, -0.05) is 43.0 Å². The summed E-state index contributed by atoms with van der Waals surface area (Å²) < 4.78 is 27.6. The molecule has 0 aromatic heterocycles. The van der Waals surface area contributed by atoms with Gasteiger partial charge in [-0.3, -0.25) is 0 Å². The SMILES string of the molecule is CC1CCCC(NS(=O)(=O)c2c(Cl)cc(N)cc2Cl)C1. The third kappa shape index (κ3) is 3.58. The number of sulfonamides is 1. The summed E-state index contributed by atoms with van der Waals surface area (Å²) in [6.45, 7) is 2.13. The Balaban J connectivity index is 2.27. The fourth-order valence-corrected chi connectivity index (χ4v) is 5.17. The van der Waals surface area contributed by atoms with Crippen molar-refractivity contribution in [3.8, 4) is 0 Å². The monoisotopic (exact) mass is 336 g/mol. The summed E-state index contributed by atoms with van der Waals surface area (Å²) in [7, 11) is -3.73. The van der Waals surface area contributed by atoms with Crippen molar-refractivity contribution < 1.29 is 8.42 Å². The highest BCUT2D eigenvalue weighted by Gasteiger charge is 2.28. The van der Waals surface area contributed by atoms with E-state index in [1.165, 1.54) is 12.1 Å². The molecule has 7 heteroatoms. The van der Waals surface area contributed by atoms with Gasteiger partial charge in [-0.05, 0) is 30.9 Å². The first-order valence-corrected chi connectivity index (χ1v) is 8.80. The Kier molecular flexibility index (Phi) is 4.84. The van der Waals surface area contributed by atoms with Gasteiger partial charge in [-0.2, -0.15) is 0 Å². The van der Waals surface area contributed by atoms with Gasteiger partial charge in [-0.25, -0.2) is 13.1 Å². The molecule has 2 atom stereocenters. The minimum Gasteiger partial charge on any atom is -0.399 e. The molecular weight excluding hydrogens is 319 g/mol. The Morgan fingerprint density at radius 3 is 2.40 bits per heavy atom. The molecule has 2 rings (SSSR count). The van der Waals surface area contributed by atoms with E-state index in [9.17, 15) is 8.42 Å². The van der Waals surface area contributed by atoms with E-state index in [0.717, 1.165) is 25.7 Å². The molecule has 1 fully saturated rings. The van der Waals surface area contributed by atoms with Gasteiger partial charge in [-0.15, -0.1) is 0 Å². The third-order valence-electron chi connectivity index (χ3n) is 3.55. The van der Waals surface area contributed by atoms with Crippen LogP contribution in [0.5, 0.6) is 0 Å². The highest BCUT2D eigenvalue weighted by atomic mass is 35.5. The molecule has 3 N–H and O–H groups in total. The van der Waals surface area contributed by atoms with E-state index in [1.54, 1.807) is 0 Å². The number of halogens is 2. The number of benzene rings is 1. The number of rotatable bonds is 3. The first-order chi connectivity index (χ1) is 9.29. The molecule has 2 unspecified atom stereocenters. The number of nitrogens with two attached hydrogens (primary N) is 1. The van der Waals surface area contributed by atoms with Gasteiger partial charge in [0, 0.05) is 11.7 Å². The topological polar surface area (TPSA) is 72.2 Å². The molecule has 0 spiro atoms. The van der Waals surface area contributed by atoms with Crippen molar-refractivity contribution >= 4 is 38.9 Å². The van der Waals surface area contributed by atoms with Crippen LogP contribution in [-0.2, 0) is 10.0 Å². The number of nitrogen functional groups attached to an aromatic ring is 1. The maximum atomic E-state index is 12.4. The van der Waals surface area contributed by atoms with Crippen LogP contribution in [0.25, 0.3) is 0 Å². The molecule has 4 nitrogen and oxygen atoms in total. The van der Waals surface area contributed by atoms with Gasteiger partial charge < -0.3 is 5.73 Å². The summed E-state index contributed by atoms with van der Waals surface area (Å²) >= 11 is 12.0. The molecule has 0 saturated heterocycles. The molecule has 0 aliphatic heterocycles. The summed E-state index contributed by atoms with van der Waals surface area (Å²) in [6, 6.07) is 2.73. The van der Waals surface area contributed by atoms with Gasteiger partial charge in [0.05, 0.1) is 10.0 Å². The van der Waals surface area contributed by atoms with Crippen LogP contribution < -0.4 is 10.5 Å². The number of hydrogen-bond acceptors (Lipinski definition) is 3. The smallest absolute Gasteiger partial charge is 0.243 e. The number of anilines is 1. The lowest BCUT2D eigenvalue weighted by Gasteiger charge is -2.27. The lowest BCUT2D eigenvalue weighted by molar-refractivity contribution is 0.327. The molecule has 20 heavy (non-hydrogen) atoms. The van der Waals surface area contributed by atoms with Crippen molar-refractivity contribution in [3.05, 3.63) is 22.2 Å². The van der Waals surface area contributed by atoms with E-state index < -0.39 is 10.0 Å². The maximum Gasteiger partial charge on any atom is 0.243 e.